The molecule has 3 atom stereocenters. The molecule has 0 rings (SSSR count). The number of unbranched alkanes of at least 4 members (excludes halogenated alkanes) is 12. The Kier molecular flexibility index (Phi) is 85.2. The lowest BCUT2D eigenvalue weighted by molar-refractivity contribution is -0.157. The Hall–Kier alpha value is -6.79. The number of carbonyl (C=O) groups is 11. The Bertz CT molecular complexity index is 2570. The maximum absolute atomic E-state index is 11.4. The molecule has 0 spiro atoms. The topological polar surface area (TPSA) is 430 Å². The van der Waals surface area contributed by atoms with Crippen LogP contribution in [0.4, 0.5) is 28.8 Å². The number of carboxylic acids is 1. The first kappa shape index (κ1) is 132. The second-order valence-electron chi connectivity index (χ2n) is 37.3. The summed E-state index contributed by atoms with van der Waals surface area (Å²) in [5.74, 6) is -1.25. The summed E-state index contributed by atoms with van der Waals surface area (Å²) in [4.78, 5) is 122. The maximum Gasteiger partial charge on any atom is 0.408 e. The molecule has 6 amide bonds. The lowest BCUT2D eigenvalue weighted by Gasteiger charge is -2.22. The number of alkyl carbamates (subject to hydrolysis) is 6. The van der Waals surface area contributed by atoms with E-state index >= 15 is 0 Å². The highest BCUT2D eigenvalue weighted by molar-refractivity contribution is 5.81. The van der Waals surface area contributed by atoms with Gasteiger partial charge in [-0.3, -0.25) is 14.4 Å². The molecule has 0 aliphatic rings. The van der Waals surface area contributed by atoms with Crippen LogP contribution in [0.5, 0.6) is 0 Å². The van der Waals surface area contributed by atoms with Crippen LogP contribution in [0.1, 0.15) is 402 Å². The average Bonchev–Trinajstić information content (AvgIpc) is 0.923. The number of aliphatic carboxylic acids is 1. The quantitative estimate of drug-likeness (QED) is 0.0153. The molecule has 0 fully saturated rings. The van der Waals surface area contributed by atoms with Crippen LogP contribution in [-0.2, 0) is 61.9 Å². The van der Waals surface area contributed by atoms with Crippen molar-refractivity contribution < 1.29 is 95.7 Å². The molecule has 0 aromatic rings. The van der Waals surface area contributed by atoms with Crippen LogP contribution in [0.2, 0.25) is 0 Å². The van der Waals surface area contributed by atoms with Crippen molar-refractivity contribution in [2.24, 2.45) is 11.5 Å². The van der Waals surface area contributed by atoms with Gasteiger partial charge in [-0.05, 0) is 290 Å². The van der Waals surface area contributed by atoms with E-state index < -0.39 is 75.5 Å². The standard InChI is InChI=1S/2C13H28N2O2.C12H24N2O3.C12H23NO4.C11H23NO2.C10H19NO3.C10H21NO2.C9H18O2.CH4/c1-5-6-9-14-10-7-8-11-15-12(16)17-13(2,3)4;1-5-6-7-9-14-10-8-11-15-12(16)17-13(2,3)4;1-9(15)10(13)7-5-6-8-14-11(16)17-12(2,3)4;1-5-6-7-8-9(10(14)15)13-11(16)17-12(2,3)4;1-5-6-7-8-9(12)10(13)14-11(2,3)4;1-8(12)6-5-7-11-9(13)14-10(2,3)4;1-5-6-7-8-11-9(12)13-10(2,3)4;1-5-6-7-8(10)11-9(2,3)4;/h2*14H,5-11H2,1-4H3,(H,15,16);10H,5-8,13H2,1-4H3,(H,14,16);9H,5-8H2,1-4H3,(H,13,16)(H,14,15);9H,5-8,12H2,1-4H3;5-7H2,1-4H3,(H,11,13);5-8H2,1-4H3,(H,11,12);5-7H2,1-4H3;1H4. The monoisotopic (exact) mass is 1740 g/mol. The van der Waals surface area contributed by atoms with Gasteiger partial charge in [0, 0.05) is 45.6 Å². The molecule has 0 heterocycles. The van der Waals surface area contributed by atoms with Crippen LogP contribution in [-0.4, -0.2) is 193 Å². The smallest absolute Gasteiger partial charge is 0.408 e. The number of carboxylic acid groups (broad SMARTS) is 1. The fourth-order valence-corrected chi connectivity index (χ4v) is 8.70. The zero-order chi connectivity index (χ0) is 94.9. The summed E-state index contributed by atoms with van der Waals surface area (Å²) >= 11 is 0. The van der Waals surface area contributed by atoms with Gasteiger partial charge in [0.05, 0.1) is 6.04 Å². The van der Waals surface area contributed by atoms with Gasteiger partial charge in [0.15, 0.2) is 0 Å². The third-order valence-electron chi connectivity index (χ3n) is 14.3. The number of amides is 6. The summed E-state index contributed by atoms with van der Waals surface area (Å²) in [5.41, 5.74) is 7.74. The van der Waals surface area contributed by atoms with Crippen LogP contribution >= 0.6 is 0 Å². The summed E-state index contributed by atoms with van der Waals surface area (Å²) in [6.45, 7) is 67.0. The second-order valence-corrected chi connectivity index (χ2v) is 37.3. The minimum atomic E-state index is -1.02. The number of rotatable bonds is 44. The van der Waals surface area contributed by atoms with E-state index in [1.165, 1.54) is 46.0 Å². The Labute approximate surface area is 736 Å². The van der Waals surface area contributed by atoms with Crippen molar-refractivity contribution in [3.63, 3.8) is 0 Å². The molecule has 0 saturated heterocycles. The first-order valence-electron chi connectivity index (χ1n) is 44.4. The zero-order valence-electron chi connectivity index (χ0n) is 82.0. The molecule has 0 bridgehead atoms. The third-order valence-corrected chi connectivity index (χ3v) is 14.3. The van der Waals surface area contributed by atoms with Gasteiger partial charge in [-0.1, -0.05) is 126 Å². The fourth-order valence-electron chi connectivity index (χ4n) is 8.70. The first-order valence-corrected chi connectivity index (χ1v) is 44.4. The number of carbonyl (C=O) groups excluding carboxylic acids is 10. The van der Waals surface area contributed by atoms with Gasteiger partial charge in [0.1, 0.15) is 68.5 Å². The average molecular weight is 1740 g/mol. The summed E-state index contributed by atoms with van der Waals surface area (Å²) in [6, 6.07) is -1.70. The summed E-state index contributed by atoms with van der Waals surface area (Å²) in [6.07, 6.45) is 23.2. The first-order chi connectivity index (χ1) is 55.0. The van der Waals surface area contributed by atoms with E-state index in [0.717, 1.165) is 135 Å². The number of esters is 2. The molecule has 0 radical (unpaired) electrons. The van der Waals surface area contributed by atoms with Crippen molar-refractivity contribution in [2.75, 3.05) is 58.9 Å². The highest BCUT2D eigenvalue weighted by Crippen LogP contribution is 2.15. The second kappa shape index (κ2) is 78.0. The molecule has 13 N–H and O–H groups in total. The number of hydrogen-bond donors (Lipinski definition) is 11. The molecular weight excluding hydrogens is 1550 g/mol. The van der Waals surface area contributed by atoms with Gasteiger partial charge in [0.2, 0.25) is 0 Å². The lowest BCUT2D eigenvalue weighted by Crippen LogP contribution is -2.43. The van der Waals surface area contributed by atoms with Crippen molar-refractivity contribution in [1.82, 2.24) is 42.5 Å². The van der Waals surface area contributed by atoms with Crippen molar-refractivity contribution in [3.8, 4) is 0 Å². The van der Waals surface area contributed by atoms with Gasteiger partial charge in [-0.2, -0.15) is 0 Å². The van der Waals surface area contributed by atoms with E-state index in [4.69, 9.17) is 54.5 Å². The SMILES string of the molecule is C.CC(=O)C(N)CCCCNC(=O)OC(C)(C)C.CC(=O)CCCNC(=O)OC(C)(C)C.CCCCC(=O)OC(C)(C)C.CCCCCC(N)C(=O)OC(C)(C)C.CCCCCC(NC(=O)OC(C)(C)C)C(=O)O.CCCCCNC(=O)OC(C)(C)C.CCCCCNCCCNC(=O)OC(C)(C)C.CCCCNCCCCNC(=O)OC(C)(C)C. The minimum absolute atomic E-state index is 0. The predicted octanol–water partition coefficient (Wildman–Crippen LogP) is 19.5. The molecule has 3 unspecified atom stereocenters. The summed E-state index contributed by atoms with van der Waals surface area (Å²) < 4.78 is 40.7. The zero-order valence-corrected chi connectivity index (χ0v) is 82.0. The van der Waals surface area contributed by atoms with Crippen molar-refractivity contribution in [3.05, 3.63) is 0 Å². The Balaban J connectivity index is -0.000000170. The van der Waals surface area contributed by atoms with Gasteiger partial charge in [0.25, 0.3) is 0 Å². The van der Waals surface area contributed by atoms with Crippen molar-refractivity contribution in [1.29, 1.82) is 0 Å². The van der Waals surface area contributed by atoms with E-state index in [-0.39, 0.29) is 60.9 Å². The van der Waals surface area contributed by atoms with Crippen molar-refractivity contribution in [2.45, 2.75) is 465 Å². The Morgan fingerprint density at radius 1 is 0.289 bits per heavy atom. The van der Waals surface area contributed by atoms with Gasteiger partial charge in [-0.25, -0.2) is 33.6 Å². The Morgan fingerprint density at radius 3 is 0.868 bits per heavy atom. The lowest BCUT2D eigenvalue weighted by atomic mass is 10.1. The molecule has 121 heavy (non-hydrogen) atoms. The van der Waals surface area contributed by atoms with Gasteiger partial charge < -0.3 is 102 Å². The van der Waals surface area contributed by atoms with Gasteiger partial charge >= 0.3 is 54.5 Å². The highest BCUT2D eigenvalue weighted by atomic mass is 16.6. The predicted molar refractivity (Wildman–Crippen MR) is 492 cm³/mol. The molecule has 30 nitrogen and oxygen atoms in total. The van der Waals surface area contributed by atoms with Crippen LogP contribution in [0.15, 0.2) is 0 Å². The summed E-state index contributed by atoms with van der Waals surface area (Å²) in [7, 11) is 0. The van der Waals surface area contributed by atoms with Crippen LogP contribution in [0.25, 0.3) is 0 Å². The number of nitrogens with two attached hydrogens (primary N) is 2. The molecule has 0 aromatic carbocycles. The van der Waals surface area contributed by atoms with Crippen LogP contribution in [0, 0.1) is 0 Å². The molecule has 0 aromatic heterocycles. The number of Topliss-reactive ketones (excluding diaryl/α,β-unsaturated/α-hetero) is 2. The number of ether oxygens (including phenoxy) is 8. The van der Waals surface area contributed by atoms with E-state index in [2.05, 4.69) is 77.2 Å². The van der Waals surface area contributed by atoms with E-state index in [1.807, 2.05) is 152 Å². The van der Waals surface area contributed by atoms with Gasteiger partial charge in [-0.15, -0.1) is 0 Å². The van der Waals surface area contributed by atoms with Crippen molar-refractivity contribution >= 4 is 66.0 Å². The number of nitrogens with one attached hydrogen (secondary N) is 8. The molecule has 0 aliphatic carbocycles. The molecule has 722 valence electrons. The number of ketones is 2. The number of hydrogen-bond acceptors (Lipinski definition) is 23. The summed E-state index contributed by atoms with van der Waals surface area (Å²) in [5, 5.41) is 31.5. The fraction of sp³-hybridized carbons (Fsp3) is 0.879. The normalized spacial score (nSPS) is 11.9. The van der Waals surface area contributed by atoms with Crippen LogP contribution in [0.3, 0.4) is 0 Å². The Morgan fingerprint density at radius 2 is 0.545 bits per heavy atom. The largest absolute Gasteiger partial charge is 0.480 e. The van der Waals surface area contributed by atoms with E-state index in [9.17, 15) is 52.7 Å². The molecular formula is C91H188N10O20. The third kappa shape index (κ3) is 129. The maximum atomic E-state index is 11.4. The van der Waals surface area contributed by atoms with E-state index in [0.29, 0.717) is 64.8 Å². The minimum Gasteiger partial charge on any atom is -0.480 e. The molecule has 0 aliphatic heterocycles. The molecule has 30 heteroatoms. The van der Waals surface area contributed by atoms with E-state index in [1.54, 1.807) is 20.8 Å². The van der Waals surface area contributed by atoms with Crippen LogP contribution < -0.4 is 54.0 Å². The molecule has 0 saturated carbocycles. The highest BCUT2D eigenvalue weighted by Gasteiger charge is 2.26.